The SMILES string of the molecule is COc1ccc([C@H](Cc2c(Cl)c[n+]([O-])cc2Cl)c2cc(CNC(CC(=O)O[C@H]3CN4CCC3CC4)c3ccccc3F)sc2C(=O)O)cc1OC. The predicted octanol–water partition coefficient (Wildman–Crippen LogP) is 6.78. The van der Waals surface area contributed by atoms with Gasteiger partial charge in [0.15, 0.2) is 23.9 Å². The number of aromatic carboxylic acids is 1. The van der Waals surface area contributed by atoms with Crippen molar-refractivity contribution in [2.24, 2.45) is 5.92 Å². The topological polar surface area (TPSA) is 124 Å². The third-order valence-electron chi connectivity index (χ3n) is 9.71. The van der Waals surface area contributed by atoms with Gasteiger partial charge in [0.05, 0.1) is 20.6 Å². The highest BCUT2D eigenvalue weighted by Crippen LogP contribution is 2.41. The number of benzene rings is 2. The van der Waals surface area contributed by atoms with E-state index in [2.05, 4.69) is 10.2 Å². The van der Waals surface area contributed by atoms with Crippen LogP contribution in [0.4, 0.5) is 4.39 Å². The number of halogens is 3. The number of carboxylic acids is 1. The standard InChI is InChI=1S/C37H38Cl2FN3O7S/c1-48-32-8-7-22(13-33(32)49-2)25(15-27-28(38)18-43(47)19-29(27)39)26-14-23(51-36(26)37(45)46)17-41-31(24-5-3-4-6-30(24)40)16-35(44)50-34-20-42-11-9-21(34)10-12-42/h3-8,13-14,18-19,21,25,31,34,41H,9-12,15-17,20H2,1-2H3,(H,45,46)/t25-,31?,34-/m0/s1. The number of carbonyl (C=O) groups is 2. The molecule has 2 N–H and O–H groups in total. The average Bonchev–Trinajstić information content (AvgIpc) is 3.54. The van der Waals surface area contributed by atoms with E-state index in [1.54, 1.807) is 42.5 Å². The highest BCUT2D eigenvalue weighted by atomic mass is 35.5. The molecule has 3 aliphatic rings. The molecule has 2 bridgehead atoms. The number of nitrogens with zero attached hydrogens (tertiary/aromatic N) is 2. The highest BCUT2D eigenvalue weighted by Gasteiger charge is 2.37. The summed E-state index contributed by atoms with van der Waals surface area (Å²) in [6, 6.07) is 12.6. The molecule has 0 saturated carbocycles. The Hall–Kier alpha value is -3.94. The fourth-order valence-electron chi connectivity index (χ4n) is 7.08. The zero-order chi connectivity index (χ0) is 36.2. The van der Waals surface area contributed by atoms with Crippen molar-refractivity contribution in [1.82, 2.24) is 10.2 Å². The van der Waals surface area contributed by atoms with Gasteiger partial charge in [0, 0.05) is 41.1 Å². The average molecular weight is 759 g/mol. The van der Waals surface area contributed by atoms with Crippen LogP contribution in [0.2, 0.25) is 10.0 Å². The number of esters is 1. The molecule has 5 heterocycles. The van der Waals surface area contributed by atoms with Gasteiger partial charge in [-0.15, -0.1) is 11.3 Å². The molecule has 2 aromatic carbocycles. The van der Waals surface area contributed by atoms with Crippen LogP contribution in [0.3, 0.4) is 0 Å². The van der Waals surface area contributed by atoms with E-state index < -0.39 is 29.7 Å². The van der Waals surface area contributed by atoms with E-state index in [-0.39, 0.29) is 40.4 Å². The summed E-state index contributed by atoms with van der Waals surface area (Å²) in [5.74, 6) is -1.36. The predicted molar refractivity (Wildman–Crippen MR) is 191 cm³/mol. The molecule has 51 heavy (non-hydrogen) atoms. The fraction of sp³-hybridized carbons (Fsp3) is 0.378. The van der Waals surface area contributed by atoms with Crippen molar-refractivity contribution >= 4 is 46.5 Å². The lowest BCUT2D eigenvalue weighted by Gasteiger charge is -2.44. The number of carboxylic acid groups (broad SMARTS) is 1. The first-order valence-corrected chi connectivity index (χ1v) is 18.2. The molecule has 3 atom stereocenters. The summed E-state index contributed by atoms with van der Waals surface area (Å²) in [7, 11) is 3.02. The van der Waals surface area contributed by atoms with Gasteiger partial charge in [0.25, 0.3) is 0 Å². The summed E-state index contributed by atoms with van der Waals surface area (Å²) >= 11 is 14.1. The Balaban J connectivity index is 1.31. The second-order valence-electron chi connectivity index (χ2n) is 12.8. The minimum Gasteiger partial charge on any atom is -0.619 e. The Morgan fingerprint density at radius 1 is 1.06 bits per heavy atom. The van der Waals surface area contributed by atoms with Crippen LogP contribution in [0.5, 0.6) is 11.5 Å². The summed E-state index contributed by atoms with van der Waals surface area (Å²) in [5, 5.41) is 26.0. The smallest absolute Gasteiger partial charge is 0.346 e. The molecule has 7 rings (SSSR count). The maximum Gasteiger partial charge on any atom is 0.346 e. The minimum atomic E-state index is -1.14. The van der Waals surface area contributed by atoms with Gasteiger partial charge < -0.3 is 29.8 Å². The Kier molecular flexibility index (Phi) is 11.7. The molecule has 270 valence electrons. The molecule has 0 spiro atoms. The number of hydrogen-bond donors (Lipinski definition) is 2. The number of aromatic nitrogens is 1. The molecule has 4 aromatic rings. The number of ether oxygens (including phenoxy) is 3. The zero-order valence-corrected chi connectivity index (χ0v) is 30.4. The van der Waals surface area contributed by atoms with Gasteiger partial charge in [-0.3, -0.25) is 9.69 Å². The first kappa shape index (κ1) is 36.8. The van der Waals surface area contributed by atoms with Gasteiger partial charge in [0.1, 0.15) is 26.8 Å². The lowest BCUT2D eigenvalue weighted by atomic mass is 9.85. The maximum absolute atomic E-state index is 15.1. The van der Waals surface area contributed by atoms with Gasteiger partial charge in [0.2, 0.25) is 0 Å². The van der Waals surface area contributed by atoms with Gasteiger partial charge >= 0.3 is 11.9 Å². The molecule has 0 radical (unpaired) electrons. The van der Waals surface area contributed by atoms with Crippen molar-refractivity contribution in [3.05, 3.63) is 114 Å². The van der Waals surface area contributed by atoms with Crippen LogP contribution in [0.15, 0.2) is 60.9 Å². The van der Waals surface area contributed by atoms with Crippen molar-refractivity contribution in [1.29, 1.82) is 0 Å². The van der Waals surface area contributed by atoms with Crippen LogP contribution in [0, 0.1) is 16.9 Å². The molecule has 14 heteroatoms. The number of carbonyl (C=O) groups excluding carboxylic acids is 1. The van der Waals surface area contributed by atoms with Crippen LogP contribution >= 0.6 is 34.5 Å². The molecule has 1 unspecified atom stereocenters. The third kappa shape index (κ3) is 8.42. The largest absolute Gasteiger partial charge is 0.619 e. The van der Waals surface area contributed by atoms with Crippen molar-refractivity contribution in [3.8, 4) is 11.5 Å². The first-order valence-electron chi connectivity index (χ1n) is 16.6. The van der Waals surface area contributed by atoms with Gasteiger partial charge in [-0.1, -0.05) is 47.5 Å². The monoisotopic (exact) mass is 757 g/mol. The van der Waals surface area contributed by atoms with E-state index in [0.717, 1.165) is 37.3 Å². The molecule has 3 aliphatic heterocycles. The second kappa shape index (κ2) is 16.2. The summed E-state index contributed by atoms with van der Waals surface area (Å²) < 4.78 is 32.6. The number of hydrogen-bond acceptors (Lipinski definition) is 9. The van der Waals surface area contributed by atoms with E-state index in [4.69, 9.17) is 37.4 Å². The maximum atomic E-state index is 15.1. The number of methoxy groups -OCH3 is 2. The summed E-state index contributed by atoms with van der Waals surface area (Å²) in [6.07, 6.45) is 4.24. The van der Waals surface area contributed by atoms with Crippen molar-refractivity contribution in [3.63, 3.8) is 0 Å². The molecular weight excluding hydrogens is 720 g/mol. The number of rotatable bonds is 14. The Bertz CT molecular complexity index is 1880. The number of nitrogens with one attached hydrogen (secondary N) is 1. The fourth-order valence-corrected chi connectivity index (χ4v) is 8.69. The minimum absolute atomic E-state index is 0.0813. The summed E-state index contributed by atoms with van der Waals surface area (Å²) in [6.45, 7) is 2.87. The van der Waals surface area contributed by atoms with Crippen LogP contribution in [0.1, 0.15) is 68.0 Å². The van der Waals surface area contributed by atoms with E-state index >= 15 is 4.39 Å². The molecule has 10 nitrogen and oxygen atoms in total. The molecule has 2 aromatic heterocycles. The molecule has 3 fully saturated rings. The Labute approximate surface area is 309 Å². The van der Waals surface area contributed by atoms with Crippen LogP contribution in [-0.4, -0.2) is 61.9 Å². The normalized spacial score (nSPS) is 19.4. The molecule has 0 amide bonds. The Morgan fingerprint density at radius 2 is 1.76 bits per heavy atom. The number of fused-ring (bicyclic) bond motifs is 3. The Morgan fingerprint density at radius 3 is 2.39 bits per heavy atom. The van der Waals surface area contributed by atoms with E-state index in [9.17, 15) is 19.9 Å². The summed E-state index contributed by atoms with van der Waals surface area (Å²) in [5.41, 5.74) is 1.95. The quantitative estimate of drug-likeness (QED) is 0.0815. The number of pyridine rings is 1. The molecule has 0 aliphatic carbocycles. The van der Waals surface area contributed by atoms with Crippen LogP contribution in [-0.2, 0) is 22.5 Å². The highest BCUT2D eigenvalue weighted by molar-refractivity contribution is 7.14. The third-order valence-corrected chi connectivity index (χ3v) is 11.5. The first-order chi connectivity index (χ1) is 24.5. The molecule has 3 saturated heterocycles. The lowest BCUT2D eigenvalue weighted by molar-refractivity contribution is -0.605. The lowest BCUT2D eigenvalue weighted by Crippen LogP contribution is -2.52. The number of thiophene rings is 1. The van der Waals surface area contributed by atoms with E-state index in [1.807, 2.05) is 0 Å². The van der Waals surface area contributed by atoms with Crippen molar-refractivity contribution in [2.75, 3.05) is 33.9 Å². The van der Waals surface area contributed by atoms with Gasteiger partial charge in [-0.25, -0.2) is 9.18 Å². The van der Waals surface area contributed by atoms with Crippen molar-refractivity contribution in [2.45, 2.75) is 50.3 Å². The van der Waals surface area contributed by atoms with E-state index in [1.165, 1.54) is 32.7 Å². The van der Waals surface area contributed by atoms with Crippen LogP contribution < -0.4 is 19.5 Å². The van der Waals surface area contributed by atoms with Gasteiger partial charge in [-0.05, 0) is 73.7 Å². The van der Waals surface area contributed by atoms with Crippen LogP contribution in [0.25, 0.3) is 0 Å². The van der Waals surface area contributed by atoms with Crippen molar-refractivity contribution < 1.29 is 38.0 Å². The zero-order valence-electron chi connectivity index (χ0n) is 28.1. The number of piperidine rings is 3. The molecular formula is C37H38Cl2FN3O7S. The van der Waals surface area contributed by atoms with Gasteiger partial charge in [-0.2, -0.15) is 4.73 Å². The second-order valence-corrected chi connectivity index (χ2v) is 14.7. The van der Waals surface area contributed by atoms with E-state index in [0.29, 0.717) is 55.8 Å². The summed E-state index contributed by atoms with van der Waals surface area (Å²) in [4.78, 5) is 29.1.